The Kier molecular flexibility index (Phi) is 53.5. The van der Waals surface area contributed by atoms with Crippen LogP contribution in [0.1, 0.15) is 349 Å². The fourth-order valence-electron chi connectivity index (χ4n) is 9.55. The smallest absolute Gasteiger partial charge is 0.306 e. The zero-order valence-electron chi connectivity index (χ0n) is 46.7. The number of rotatable bonds is 56. The molecule has 0 spiro atoms. The third-order valence-electron chi connectivity index (χ3n) is 14.6. The van der Waals surface area contributed by atoms with E-state index in [0.717, 1.165) is 69.6 Å². The quantitative estimate of drug-likeness (QED) is 0.0343. The van der Waals surface area contributed by atoms with E-state index in [2.05, 4.69) is 34.6 Å². The van der Waals surface area contributed by atoms with Crippen molar-refractivity contribution in [3.8, 4) is 0 Å². The predicted octanol–water partition coefficient (Wildman–Crippen LogP) is 20.4. The zero-order valence-corrected chi connectivity index (χ0v) is 46.7. The van der Waals surface area contributed by atoms with Gasteiger partial charge in [-0.25, -0.2) is 0 Å². The van der Waals surface area contributed by atoms with Gasteiger partial charge in [-0.15, -0.1) is 0 Å². The second-order valence-corrected chi connectivity index (χ2v) is 22.1. The largest absolute Gasteiger partial charge is 0.462 e. The summed E-state index contributed by atoms with van der Waals surface area (Å²) in [5.74, 6) is 0.879. The number of ether oxygens (including phenoxy) is 3. The molecular formula is C62H120O6. The fraction of sp³-hybridized carbons (Fsp3) is 0.952. The van der Waals surface area contributed by atoms with Crippen LogP contribution in [0.2, 0.25) is 0 Å². The summed E-state index contributed by atoms with van der Waals surface area (Å²) in [5, 5.41) is 0. The van der Waals surface area contributed by atoms with Crippen LogP contribution in [-0.4, -0.2) is 37.2 Å². The monoisotopic (exact) mass is 961 g/mol. The topological polar surface area (TPSA) is 78.9 Å². The minimum Gasteiger partial charge on any atom is -0.462 e. The maximum Gasteiger partial charge on any atom is 0.306 e. The molecule has 0 saturated heterocycles. The van der Waals surface area contributed by atoms with Crippen LogP contribution in [0.25, 0.3) is 0 Å². The molecule has 0 fully saturated rings. The van der Waals surface area contributed by atoms with Crippen molar-refractivity contribution in [2.45, 2.75) is 355 Å². The molecule has 0 aliphatic rings. The number of hydrogen-bond donors (Lipinski definition) is 0. The number of carbonyl (C=O) groups is 3. The third-order valence-corrected chi connectivity index (χ3v) is 14.6. The lowest BCUT2D eigenvalue weighted by molar-refractivity contribution is -0.167. The lowest BCUT2D eigenvalue weighted by Crippen LogP contribution is -2.30. The van der Waals surface area contributed by atoms with Crippen LogP contribution < -0.4 is 0 Å². The number of carbonyl (C=O) groups excluding carboxylic acids is 3. The van der Waals surface area contributed by atoms with Gasteiger partial charge in [-0.1, -0.05) is 311 Å². The Hall–Kier alpha value is -1.59. The van der Waals surface area contributed by atoms with Gasteiger partial charge in [0.1, 0.15) is 13.2 Å². The number of unbranched alkanes of at least 4 members (excludes halogenated alkanes) is 40. The van der Waals surface area contributed by atoms with Gasteiger partial charge in [-0.3, -0.25) is 14.4 Å². The Morgan fingerprint density at radius 3 is 0.838 bits per heavy atom. The normalized spacial score (nSPS) is 12.4. The molecule has 0 bridgehead atoms. The molecule has 0 amide bonds. The van der Waals surface area contributed by atoms with Gasteiger partial charge in [0.15, 0.2) is 6.10 Å². The highest BCUT2D eigenvalue weighted by Gasteiger charge is 2.19. The van der Waals surface area contributed by atoms with E-state index in [1.807, 2.05) is 0 Å². The first kappa shape index (κ1) is 66.4. The summed E-state index contributed by atoms with van der Waals surface area (Å²) in [5.41, 5.74) is 0. The maximum absolute atomic E-state index is 12.8. The van der Waals surface area contributed by atoms with Crippen LogP contribution >= 0.6 is 0 Å². The van der Waals surface area contributed by atoms with Gasteiger partial charge < -0.3 is 14.2 Å². The van der Waals surface area contributed by atoms with Gasteiger partial charge >= 0.3 is 17.9 Å². The van der Waals surface area contributed by atoms with Crippen molar-refractivity contribution in [1.29, 1.82) is 0 Å². The Morgan fingerprint density at radius 2 is 0.559 bits per heavy atom. The predicted molar refractivity (Wildman–Crippen MR) is 293 cm³/mol. The van der Waals surface area contributed by atoms with E-state index in [4.69, 9.17) is 14.2 Å². The summed E-state index contributed by atoms with van der Waals surface area (Å²) >= 11 is 0. The first-order valence-electron chi connectivity index (χ1n) is 30.8. The molecule has 2 atom stereocenters. The minimum atomic E-state index is -0.763. The summed E-state index contributed by atoms with van der Waals surface area (Å²) < 4.78 is 16.9. The van der Waals surface area contributed by atoms with Gasteiger partial charge in [0.25, 0.3) is 0 Å². The molecule has 6 heteroatoms. The van der Waals surface area contributed by atoms with Crippen molar-refractivity contribution in [3.05, 3.63) is 0 Å². The lowest BCUT2D eigenvalue weighted by Gasteiger charge is -2.18. The molecule has 68 heavy (non-hydrogen) atoms. The summed E-state index contributed by atoms with van der Waals surface area (Å²) in [6.45, 7) is 11.4. The molecular weight excluding hydrogens is 841 g/mol. The van der Waals surface area contributed by atoms with Crippen LogP contribution in [-0.2, 0) is 28.6 Å². The average Bonchev–Trinajstić information content (AvgIpc) is 3.32. The zero-order chi connectivity index (χ0) is 49.6. The molecule has 0 N–H and O–H groups in total. The summed E-state index contributed by atoms with van der Waals surface area (Å²) in [7, 11) is 0. The first-order chi connectivity index (χ1) is 33.3. The molecule has 0 heterocycles. The van der Waals surface area contributed by atoms with Crippen molar-refractivity contribution < 1.29 is 28.6 Å². The van der Waals surface area contributed by atoms with Gasteiger partial charge in [0.2, 0.25) is 0 Å². The standard InChI is InChI=1S/C62H120O6/c1-6-8-9-10-11-12-13-14-15-21-24-27-32-37-42-47-52-60(63)66-55-59(68-62(65)54-49-44-39-34-29-30-35-40-45-50-57(3)4)56-67-61(64)53-48-43-38-33-28-25-22-19-17-16-18-20-23-26-31-36-41-46-51-58(5)7-2/h57-59H,6-56H2,1-5H3/t58?,59-/m1/s1. The van der Waals surface area contributed by atoms with E-state index < -0.39 is 6.10 Å². The van der Waals surface area contributed by atoms with Crippen LogP contribution in [0.4, 0.5) is 0 Å². The summed E-state index contributed by atoms with van der Waals surface area (Å²) in [6, 6.07) is 0. The second-order valence-electron chi connectivity index (χ2n) is 22.1. The van der Waals surface area contributed by atoms with Crippen molar-refractivity contribution >= 4 is 17.9 Å². The molecule has 404 valence electrons. The number of esters is 3. The Bertz CT molecular complexity index is 1040. The number of hydrogen-bond acceptors (Lipinski definition) is 6. The molecule has 0 aliphatic heterocycles. The van der Waals surface area contributed by atoms with Crippen LogP contribution in [0.3, 0.4) is 0 Å². The van der Waals surface area contributed by atoms with Gasteiger partial charge in [0, 0.05) is 19.3 Å². The molecule has 0 aromatic rings. The van der Waals surface area contributed by atoms with Crippen molar-refractivity contribution in [1.82, 2.24) is 0 Å². The van der Waals surface area contributed by atoms with E-state index in [1.54, 1.807) is 0 Å². The van der Waals surface area contributed by atoms with Crippen LogP contribution in [0, 0.1) is 11.8 Å². The summed E-state index contributed by atoms with van der Waals surface area (Å²) in [6.07, 6.45) is 59.6. The summed E-state index contributed by atoms with van der Waals surface area (Å²) in [4.78, 5) is 38.2. The molecule has 1 unspecified atom stereocenters. The molecule has 0 aliphatic carbocycles. The highest BCUT2D eigenvalue weighted by molar-refractivity contribution is 5.71. The van der Waals surface area contributed by atoms with E-state index >= 15 is 0 Å². The van der Waals surface area contributed by atoms with Crippen LogP contribution in [0.15, 0.2) is 0 Å². The minimum absolute atomic E-state index is 0.0627. The van der Waals surface area contributed by atoms with E-state index in [0.29, 0.717) is 19.3 Å². The van der Waals surface area contributed by atoms with Crippen LogP contribution in [0.5, 0.6) is 0 Å². The van der Waals surface area contributed by atoms with Crippen molar-refractivity contribution in [2.75, 3.05) is 13.2 Å². The van der Waals surface area contributed by atoms with E-state index in [-0.39, 0.29) is 31.1 Å². The second kappa shape index (κ2) is 54.7. The maximum atomic E-state index is 12.8. The van der Waals surface area contributed by atoms with Gasteiger partial charge in [-0.2, -0.15) is 0 Å². The molecule has 0 aromatic heterocycles. The molecule has 0 aromatic carbocycles. The Balaban J connectivity index is 4.21. The molecule has 0 rings (SSSR count). The molecule has 0 saturated carbocycles. The van der Waals surface area contributed by atoms with E-state index in [9.17, 15) is 14.4 Å². The molecule has 0 radical (unpaired) electrons. The highest BCUT2D eigenvalue weighted by Crippen LogP contribution is 2.19. The van der Waals surface area contributed by atoms with E-state index in [1.165, 1.54) is 238 Å². The van der Waals surface area contributed by atoms with Gasteiger partial charge in [-0.05, 0) is 31.1 Å². The van der Waals surface area contributed by atoms with Crippen molar-refractivity contribution in [3.63, 3.8) is 0 Å². The highest BCUT2D eigenvalue weighted by atomic mass is 16.6. The SMILES string of the molecule is CCCCCCCCCCCCCCCCCCC(=O)OC[C@H](COC(=O)CCCCCCCCCCCCCCCCCCCCC(C)CC)OC(=O)CCCCCCCCCCCC(C)C. The Morgan fingerprint density at radius 1 is 0.309 bits per heavy atom. The first-order valence-corrected chi connectivity index (χ1v) is 30.8. The fourth-order valence-corrected chi connectivity index (χ4v) is 9.55. The Labute approximate surface area is 425 Å². The average molecular weight is 962 g/mol. The van der Waals surface area contributed by atoms with Gasteiger partial charge in [0.05, 0.1) is 0 Å². The molecule has 6 nitrogen and oxygen atoms in total. The third kappa shape index (κ3) is 53.8. The van der Waals surface area contributed by atoms with Crippen molar-refractivity contribution in [2.24, 2.45) is 11.8 Å². The lowest BCUT2D eigenvalue weighted by atomic mass is 9.99.